The minimum Gasteiger partial charge on any atom is -0.341 e. The molecule has 0 spiro atoms. The number of benzene rings is 2. The van der Waals surface area contributed by atoms with Crippen LogP contribution < -0.4 is 5.56 Å². The summed E-state index contributed by atoms with van der Waals surface area (Å²) in [6.07, 6.45) is 0.785. The van der Waals surface area contributed by atoms with Gasteiger partial charge in [0, 0.05) is 24.6 Å². The van der Waals surface area contributed by atoms with E-state index in [1.807, 2.05) is 13.0 Å². The van der Waals surface area contributed by atoms with Crippen molar-refractivity contribution in [1.29, 1.82) is 0 Å². The van der Waals surface area contributed by atoms with Gasteiger partial charge in [0.25, 0.3) is 5.56 Å². The highest BCUT2D eigenvalue weighted by Gasteiger charge is 2.15. The maximum Gasteiger partial charge on any atom is 0.262 e. The second-order valence-electron chi connectivity index (χ2n) is 6.68. The van der Waals surface area contributed by atoms with Crippen molar-refractivity contribution >= 4 is 44.5 Å². The largest absolute Gasteiger partial charge is 0.341 e. The quantitative estimate of drug-likeness (QED) is 0.372. The molecule has 152 valence electrons. The first-order chi connectivity index (χ1) is 13.9. The lowest BCUT2D eigenvalue weighted by molar-refractivity contribution is -0.127. The molecular weight excluding hydrogens is 457 g/mol. The van der Waals surface area contributed by atoms with Gasteiger partial charge in [-0.05, 0) is 42.3 Å². The molecule has 0 aliphatic rings. The number of carbonyl (C=O) groups is 1. The van der Waals surface area contributed by atoms with Crippen LogP contribution >= 0.6 is 27.7 Å². The molecule has 0 bridgehead atoms. The fourth-order valence-corrected chi connectivity index (χ4v) is 4.22. The molecule has 3 aromatic rings. The van der Waals surface area contributed by atoms with Crippen molar-refractivity contribution < 1.29 is 9.18 Å². The number of aromatic nitrogens is 2. The number of carbonyl (C=O) groups excluding carboxylic acids is 1. The second-order valence-corrected chi connectivity index (χ2v) is 8.54. The summed E-state index contributed by atoms with van der Waals surface area (Å²) in [5.74, 6) is -0.232. The summed E-state index contributed by atoms with van der Waals surface area (Å²) in [6.45, 7) is 2.92. The predicted molar refractivity (Wildman–Crippen MR) is 118 cm³/mol. The predicted octanol–water partition coefficient (Wildman–Crippen LogP) is 4.46. The maximum atomic E-state index is 13.0. The zero-order valence-corrected chi connectivity index (χ0v) is 18.6. The van der Waals surface area contributed by atoms with Gasteiger partial charge < -0.3 is 4.90 Å². The normalized spacial score (nSPS) is 11.0. The third-order valence-electron chi connectivity index (χ3n) is 4.41. The Kier molecular flexibility index (Phi) is 7.08. The van der Waals surface area contributed by atoms with Gasteiger partial charge >= 0.3 is 0 Å². The van der Waals surface area contributed by atoms with E-state index in [9.17, 15) is 14.0 Å². The van der Waals surface area contributed by atoms with Crippen LogP contribution in [0.2, 0.25) is 0 Å². The van der Waals surface area contributed by atoms with E-state index in [0.29, 0.717) is 29.1 Å². The van der Waals surface area contributed by atoms with E-state index in [-0.39, 0.29) is 23.0 Å². The SMILES string of the molecule is CCCn1c(SCC(=O)N(C)Cc2ccc(F)cc2)nc2ccc(Br)cc2c1=O. The molecule has 5 nitrogen and oxygen atoms in total. The number of halogens is 2. The molecule has 0 saturated carbocycles. The molecule has 0 fully saturated rings. The fourth-order valence-electron chi connectivity index (χ4n) is 2.89. The van der Waals surface area contributed by atoms with Crippen molar-refractivity contribution in [3.63, 3.8) is 0 Å². The minimum atomic E-state index is -0.304. The van der Waals surface area contributed by atoms with Crippen LogP contribution in [0, 0.1) is 5.82 Å². The zero-order chi connectivity index (χ0) is 21.0. The molecule has 29 heavy (non-hydrogen) atoms. The van der Waals surface area contributed by atoms with Crippen LogP contribution in [0.4, 0.5) is 4.39 Å². The summed E-state index contributed by atoms with van der Waals surface area (Å²) in [7, 11) is 1.71. The maximum absolute atomic E-state index is 13.0. The van der Waals surface area contributed by atoms with Crippen molar-refractivity contribution in [3.8, 4) is 0 Å². The Morgan fingerprint density at radius 3 is 2.66 bits per heavy atom. The van der Waals surface area contributed by atoms with Gasteiger partial charge in [0.05, 0.1) is 16.7 Å². The van der Waals surface area contributed by atoms with Gasteiger partial charge in [0.2, 0.25) is 5.91 Å². The molecule has 2 aromatic carbocycles. The van der Waals surface area contributed by atoms with Gasteiger partial charge in [0.1, 0.15) is 5.82 Å². The number of nitrogens with zero attached hydrogens (tertiary/aromatic N) is 3. The minimum absolute atomic E-state index is 0.0903. The van der Waals surface area contributed by atoms with E-state index in [0.717, 1.165) is 16.5 Å². The lowest BCUT2D eigenvalue weighted by atomic mass is 10.2. The number of rotatable bonds is 7. The lowest BCUT2D eigenvalue weighted by Crippen LogP contribution is -2.29. The molecule has 0 aliphatic carbocycles. The highest BCUT2D eigenvalue weighted by Crippen LogP contribution is 2.21. The van der Waals surface area contributed by atoms with Crippen LogP contribution in [0.5, 0.6) is 0 Å². The number of fused-ring (bicyclic) bond motifs is 1. The van der Waals surface area contributed by atoms with Crippen LogP contribution in [-0.4, -0.2) is 33.2 Å². The van der Waals surface area contributed by atoms with Crippen LogP contribution in [0.1, 0.15) is 18.9 Å². The molecule has 1 heterocycles. The van der Waals surface area contributed by atoms with Gasteiger partial charge in [-0.25, -0.2) is 9.37 Å². The van der Waals surface area contributed by atoms with E-state index in [2.05, 4.69) is 20.9 Å². The number of thioether (sulfide) groups is 1. The van der Waals surface area contributed by atoms with Crippen molar-refractivity contribution in [2.75, 3.05) is 12.8 Å². The smallest absolute Gasteiger partial charge is 0.262 e. The van der Waals surface area contributed by atoms with Gasteiger partial charge in [-0.15, -0.1) is 0 Å². The van der Waals surface area contributed by atoms with Crippen molar-refractivity contribution in [2.24, 2.45) is 0 Å². The highest BCUT2D eigenvalue weighted by molar-refractivity contribution is 9.10. The molecule has 3 rings (SSSR count). The zero-order valence-electron chi connectivity index (χ0n) is 16.2. The second kappa shape index (κ2) is 9.54. The summed E-state index contributed by atoms with van der Waals surface area (Å²) in [5, 5.41) is 1.09. The first-order valence-corrected chi connectivity index (χ1v) is 11.0. The first kappa shape index (κ1) is 21.5. The Morgan fingerprint density at radius 2 is 1.97 bits per heavy atom. The average Bonchev–Trinajstić information content (AvgIpc) is 2.70. The van der Waals surface area contributed by atoms with Crippen molar-refractivity contribution in [3.05, 3.63) is 68.7 Å². The molecule has 8 heteroatoms. The van der Waals surface area contributed by atoms with E-state index in [1.54, 1.807) is 40.8 Å². The van der Waals surface area contributed by atoms with Crippen LogP contribution in [0.15, 0.2) is 56.9 Å². The number of hydrogen-bond donors (Lipinski definition) is 0. The molecule has 0 saturated heterocycles. The molecule has 0 radical (unpaired) electrons. The molecule has 0 N–H and O–H groups in total. The Morgan fingerprint density at radius 1 is 1.24 bits per heavy atom. The number of hydrogen-bond acceptors (Lipinski definition) is 4. The third-order valence-corrected chi connectivity index (χ3v) is 5.87. The molecule has 1 amide bonds. The van der Waals surface area contributed by atoms with Crippen LogP contribution in [-0.2, 0) is 17.9 Å². The fraction of sp³-hybridized carbons (Fsp3) is 0.286. The van der Waals surface area contributed by atoms with Crippen molar-refractivity contribution in [2.45, 2.75) is 31.6 Å². The Labute approximate surface area is 181 Å². The Balaban J connectivity index is 1.77. The van der Waals surface area contributed by atoms with Gasteiger partial charge in [-0.1, -0.05) is 46.7 Å². The Hall–Kier alpha value is -2.19. The third kappa shape index (κ3) is 5.25. The highest BCUT2D eigenvalue weighted by atomic mass is 79.9. The first-order valence-electron chi connectivity index (χ1n) is 9.20. The molecule has 0 atom stereocenters. The summed E-state index contributed by atoms with van der Waals surface area (Å²) in [4.78, 5) is 31.7. The van der Waals surface area contributed by atoms with Crippen LogP contribution in [0.25, 0.3) is 10.9 Å². The Bertz CT molecular complexity index is 1090. The number of amides is 1. The summed E-state index contributed by atoms with van der Waals surface area (Å²) < 4.78 is 15.5. The summed E-state index contributed by atoms with van der Waals surface area (Å²) in [6, 6.07) is 11.5. The van der Waals surface area contributed by atoms with E-state index in [1.165, 1.54) is 23.9 Å². The van der Waals surface area contributed by atoms with Gasteiger partial charge in [-0.2, -0.15) is 0 Å². The van der Waals surface area contributed by atoms with Gasteiger partial charge in [0.15, 0.2) is 5.16 Å². The van der Waals surface area contributed by atoms with Crippen LogP contribution in [0.3, 0.4) is 0 Å². The lowest BCUT2D eigenvalue weighted by Gasteiger charge is -2.18. The topological polar surface area (TPSA) is 55.2 Å². The summed E-state index contributed by atoms with van der Waals surface area (Å²) in [5.41, 5.74) is 1.36. The van der Waals surface area contributed by atoms with Gasteiger partial charge in [-0.3, -0.25) is 14.2 Å². The van der Waals surface area contributed by atoms with Crippen molar-refractivity contribution in [1.82, 2.24) is 14.5 Å². The van der Waals surface area contributed by atoms with E-state index >= 15 is 0 Å². The van der Waals surface area contributed by atoms with E-state index < -0.39 is 0 Å². The van der Waals surface area contributed by atoms with E-state index in [4.69, 9.17) is 0 Å². The molecular formula is C21H21BrFN3O2S. The standard InChI is InChI=1S/C21H21BrFN3O2S/c1-3-10-26-20(28)17-11-15(22)6-9-18(17)24-21(26)29-13-19(27)25(2)12-14-4-7-16(23)8-5-14/h4-9,11H,3,10,12-13H2,1-2H3. The molecule has 0 aliphatic heterocycles. The molecule has 0 unspecified atom stereocenters. The summed E-state index contributed by atoms with van der Waals surface area (Å²) >= 11 is 4.65. The monoisotopic (exact) mass is 477 g/mol. The average molecular weight is 478 g/mol. The molecule has 1 aromatic heterocycles.